The average molecular weight is 312 g/mol. The second-order valence-electron chi connectivity index (χ2n) is 4.59. The molecule has 2 aromatic rings. The van der Waals surface area contributed by atoms with Crippen LogP contribution in [0, 0.1) is 11.3 Å². The molecular weight excluding hydrogens is 296 g/mol. The van der Waals surface area contributed by atoms with E-state index < -0.39 is 6.10 Å². The van der Waals surface area contributed by atoms with Gasteiger partial charge in [-0.3, -0.25) is 4.79 Å². The molecule has 0 bridgehead atoms. The van der Waals surface area contributed by atoms with Gasteiger partial charge in [-0.15, -0.1) is 11.8 Å². The van der Waals surface area contributed by atoms with Crippen LogP contribution in [-0.2, 0) is 4.79 Å². The third-order valence-corrected chi connectivity index (χ3v) is 3.78. The maximum absolute atomic E-state index is 12.1. The molecular formula is C17H16N2O2S. The molecule has 0 spiro atoms. The van der Waals surface area contributed by atoms with Crippen molar-refractivity contribution in [2.24, 2.45) is 0 Å². The van der Waals surface area contributed by atoms with Crippen molar-refractivity contribution in [1.29, 1.82) is 5.26 Å². The van der Waals surface area contributed by atoms with Gasteiger partial charge in [0, 0.05) is 10.6 Å². The molecule has 0 aliphatic heterocycles. The Bertz CT molecular complexity index is 693. The fourth-order valence-corrected chi connectivity index (χ4v) is 2.23. The van der Waals surface area contributed by atoms with Crippen molar-refractivity contribution in [3.8, 4) is 11.8 Å². The van der Waals surface area contributed by atoms with Crippen molar-refractivity contribution in [3.63, 3.8) is 0 Å². The zero-order valence-corrected chi connectivity index (χ0v) is 13.2. The minimum Gasteiger partial charge on any atom is -0.480 e. The van der Waals surface area contributed by atoms with Crippen LogP contribution in [0.4, 0.5) is 5.69 Å². The van der Waals surface area contributed by atoms with Crippen molar-refractivity contribution >= 4 is 23.4 Å². The molecule has 5 heteroatoms. The van der Waals surface area contributed by atoms with Gasteiger partial charge in [0.2, 0.25) is 0 Å². The van der Waals surface area contributed by atoms with Crippen LogP contribution < -0.4 is 10.1 Å². The number of hydrogen-bond acceptors (Lipinski definition) is 4. The van der Waals surface area contributed by atoms with Crippen molar-refractivity contribution in [3.05, 3.63) is 54.1 Å². The Morgan fingerprint density at radius 2 is 1.91 bits per heavy atom. The van der Waals surface area contributed by atoms with Crippen LogP contribution in [0.15, 0.2) is 53.4 Å². The summed E-state index contributed by atoms with van der Waals surface area (Å²) < 4.78 is 5.58. The lowest BCUT2D eigenvalue weighted by atomic mass is 10.2. The van der Waals surface area contributed by atoms with Gasteiger partial charge in [0.15, 0.2) is 6.10 Å². The van der Waals surface area contributed by atoms with Crippen LogP contribution in [0.25, 0.3) is 0 Å². The van der Waals surface area contributed by atoms with E-state index in [0.717, 1.165) is 4.90 Å². The van der Waals surface area contributed by atoms with Crippen LogP contribution in [0.2, 0.25) is 0 Å². The number of nitriles is 1. The molecule has 2 rings (SSSR count). The molecule has 112 valence electrons. The van der Waals surface area contributed by atoms with Crippen LogP contribution in [0.3, 0.4) is 0 Å². The first-order chi connectivity index (χ1) is 10.6. The van der Waals surface area contributed by atoms with Gasteiger partial charge in [0.25, 0.3) is 5.91 Å². The highest BCUT2D eigenvalue weighted by Gasteiger charge is 2.16. The number of amides is 1. The summed E-state index contributed by atoms with van der Waals surface area (Å²) in [5.41, 5.74) is 1.12. The Morgan fingerprint density at radius 3 is 2.55 bits per heavy atom. The summed E-state index contributed by atoms with van der Waals surface area (Å²) in [4.78, 5) is 13.3. The van der Waals surface area contributed by atoms with Gasteiger partial charge in [-0.25, -0.2) is 0 Å². The molecule has 2 aromatic carbocycles. The largest absolute Gasteiger partial charge is 0.480 e. The van der Waals surface area contributed by atoms with Gasteiger partial charge in [0.1, 0.15) is 11.8 Å². The second-order valence-corrected chi connectivity index (χ2v) is 5.47. The quantitative estimate of drug-likeness (QED) is 0.855. The Morgan fingerprint density at radius 1 is 1.23 bits per heavy atom. The molecule has 0 saturated heterocycles. The highest BCUT2D eigenvalue weighted by atomic mass is 32.2. The van der Waals surface area contributed by atoms with E-state index >= 15 is 0 Å². The summed E-state index contributed by atoms with van der Waals surface area (Å²) in [6.45, 7) is 1.65. The number of rotatable bonds is 5. The zero-order chi connectivity index (χ0) is 15.9. The molecule has 22 heavy (non-hydrogen) atoms. The number of benzene rings is 2. The zero-order valence-electron chi connectivity index (χ0n) is 12.4. The summed E-state index contributed by atoms with van der Waals surface area (Å²) in [5, 5.41) is 11.8. The number of thioether (sulfide) groups is 1. The molecule has 1 N–H and O–H groups in total. The lowest BCUT2D eigenvalue weighted by Gasteiger charge is -2.15. The number of nitrogens with zero attached hydrogens (tertiary/aromatic N) is 1. The third-order valence-electron chi connectivity index (χ3n) is 3.04. The fourth-order valence-electron chi connectivity index (χ4n) is 1.82. The van der Waals surface area contributed by atoms with E-state index in [2.05, 4.69) is 5.32 Å². The molecule has 0 heterocycles. The predicted octanol–water partition coefficient (Wildman–Crippen LogP) is 3.69. The minimum absolute atomic E-state index is 0.260. The first-order valence-corrected chi connectivity index (χ1v) is 7.97. The molecule has 0 aliphatic carbocycles. The molecule has 0 saturated carbocycles. The number of para-hydroxylation sites is 1. The second kappa shape index (κ2) is 7.53. The van der Waals surface area contributed by atoms with Crippen molar-refractivity contribution in [2.45, 2.75) is 17.9 Å². The summed E-state index contributed by atoms with van der Waals surface area (Å²) >= 11 is 1.64. The van der Waals surface area contributed by atoms with E-state index in [1.54, 1.807) is 43.0 Å². The van der Waals surface area contributed by atoms with Crippen molar-refractivity contribution in [2.75, 3.05) is 11.6 Å². The number of ether oxygens (including phenoxy) is 1. The Balaban J connectivity index is 2.01. The van der Waals surface area contributed by atoms with E-state index in [9.17, 15) is 4.79 Å². The topological polar surface area (TPSA) is 62.1 Å². The Labute approximate surface area is 134 Å². The Kier molecular flexibility index (Phi) is 5.45. The van der Waals surface area contributed by atoms with Crippen molar-refractivity contribution < 1.29 is 9.53 Å². The van der Waals surface area contributed by atoms with E-state index in [1.165, 1.54) is 0 Å². The van der Waals surface area contributed by atoms with Crippen LogP contribution >= 0.6 is 11.8 Å². The maximum atomic E-state index is 12.1. The average Bonchev–Trinajstić information content (AvgIpc) is 2.56. The SMILES string of the molecule is CSc1ccc(NC(=O)C(C)Oc2ccccc2C#N)cc1. The minimum atomic E-state index is -0.699. The summed E-state index contributed by atoms with van der Waals surface area (Å²) in [7, 11) is 0. The molecule has 0 radical (unpaired) electrons. The highest BCUT2D eigenvalue weighted by molar-refractivity contribution is 7.98. The van der Waals surface area contributed by atoms with Gasteiger partial charge in [-0.2, -0.15) is 5.26 Å². The number of carbonyl (C=O) groups excluding carboxylic acids is 1. The van der Waals surface area contributed by atoms with Gasteiger partial charge in [-0.05, 0) is 49.6 Å². The number of carbonyl (C=O) groups is 1. The smallest absolute Gasteiger partial charge is 0.265 e. The normalized spacial score (nSPS) is 11.3. The monoisotopic (exact) mass is 312 g/mol. The number of nitrogens with one attached hydrogen (secondary N) is 1. The Hall–Kier alpha value is -2.45. The first kappa shape index (κ1) is 15.9. The maximum Gasteiger partial charge on any atom is 0.265 e. The molecule has 1 amide bonds. The lowest BCUT2D eigenvalue weighted by molar-refractivity contribution is -0.122. The van der Waals surface area contributed by atoms with Crippen molar-refractivity contribution in [1.82, 2.24) is 0 Å². The molecule has 1 unspecified atom stereocenters. The molecule has 0 fully saturated rings. The molecule has 0 aliphatic rings. The van der Waals surface area contributed by atoms with E-state index in [0.29, 0.717) is 17.0 Å². The van der Waals surface area contributed by atoms with Gasteiger partial charge in [0.05, 0.1) is 5.56 Å². The standard InChI is InChI=1S/C17H16N2O2S/c1-12(21-16-6-4-3-5-13(16)11-18)17(20)19-14-7-9-15(22-2)10-8-14/h3-10,12H,1-2H3,(H,19,20). The van der Waals surface area contributed by atoms with E-state index in [-0.39, 0.29) is 5.91 Å². The van der Waals surface area contributed by atoms with Crippen LogP contribution in [-0.4, -0.2) is 18.3 Å². The predicted molar refractivity (Wildman–Crippen MR) is 88.1 cm³/mol. The summed E-state index contributed by atoms with van der Waals surface area (Å²) in [6.07, 6.45) is 1.30. The molecule has 1 atom stereocenters. The number of anilines is 1. The first-order valence-electron chi connectivity index (χ1n) is 6.74. The van der Waals surface area contributed by atoms with Gasteiger partial charge in [-0.1, -0.05) is 12.1 Å². The lowest BCUT2D eigenvalue weighted by Crippen LogP contribution is -2.30. The van der Waals surface area contributed by atoms with Crippen LogP contribution in [0.1, 0.15) is 12.5 Å². The highest BCUT2D eigenvalue weighted by Crippen LogP contribution is 2.20. The molecule has 0 aromatic heterocycles. The van der Waals surface area contributed by atoms with E-state index in [1.807, 2.05) is 36.6 Å². The van der Waals surface area contributed by atoms with Gasteiger partial charge >= 0.3 is 0 Å². The molecule has 4 nitrogen and oxygen atoms in total. The summed E-state index contributed by atoms with van der Waals surface area (Å²) in [6, 6.07) is 16.5. The number of hydrogen-bond donors (Lipinski definition) is 1. The summed E-state index contributed by atoms with van der Waals surface area (Å²) in [5.74, 6) is 0.148. The van der Waals surface area contributed by atoms with E-state index in [4.69, 9.17) is 10.00 Å². The fraction of sp³-hybridized carbons (Fsp3) is 0.176. The third kappa shape index (κ3) is 4.03. The van der Waals surface area contributed by atoms with Gasteiger partial charge < -0.3 is 10.1 Å². The van der Waals surface area contributed by atoms with Crippen LogP contribution in [0.5, 0.6) is 5.75 Å².